The third kappa shape index (κ3) is 2.36. The largest absolute Gasteiger partial charge is 0.454 e. The highest BCUT2D eigenvalue weighted by Gasteiger charge is 2.15. The second-order valence-electron chi connectivity index (χ2n) is 6.62. The summed E-state index contributed by atoms with van der Waals surface area (Å²) in [4.78, 5) is 5.67. The van der Waals surface area contributed by atoms with Crippen LogP contribution in [-0.4, -0.2) is 0 Å². The van der Waals surface area contributed by atoms with Crippen molar-refractivity contribution in [3.8, 4) is 0 Å². The molecule has 1 nitrogen and oxygen atoms in total. The molecule has 0 aliphatic rings. The van der Waals surface area contributed by atoms with E-state index in [1.54, 1.807) is 0 Å². The summed E-state index contributed by atoms with van der Waals surface area (Å²) in [6.07, 6.45) is 2.22. The van der Waals surface area contributed by atoms with Gasteiger partial charge in [-0.15, -0.1) is 56.7 Å². The Kier molecular flexibility index (Phi) is 3.45. The van der Waals surface area contributed by atoms with Gasteiger partial charge in [-0.3, -0.25) is 0 Å². The smallest absolute Gasteiger partial charge is 0.147 e. The normalized spacial score (nSPS) is 12.5. The predicted octanol–water partition coefficient (Wildman–Crippen LogP) is 8.60. The van der Waals surface area contributed by atoms with Crippen LogP contribution in [0.25, 0.3) is 39.4 Å². The van der Waals surface area contributed by atoms with E-state index in [2.05, 4.69) is 38.1 Å². The topological polar surface area (TPSA) is 13.1 Å². The fraction of sp³-hybridized carbons (Fsp3) is 0.200. The van der Waals surface area contributed by atoms with Crippen LogP contribution in [0.5, 0.6) is 0 Å². The standard InChI is InChI=1S/C20H14OS5/c1-9-5-13-17(22-9)18-14(21-13)7-11(24-18)3-4-12-8-16-20(25-12)19-15(26-16)6-10(2)23-19/h5-8H,3-4H2,1-2H3. The highest BCUT2D eigenvalue weighted by molar-refractivity contribution is 7.38. The number of furan rings is 1. The molecule has 0 radical (unpaired) electrons. The Bertz CT molecular complexity index is 1300. The van der Waals surface area contributed by atoms with Gasteiger partial charge in [0.15, 0.2) is 0 Å². The summed E-state index contributed by atoms with van der Waals surface area (Å²) in [6.45, 7) is 4.35. The lowest BCUT2D eigenvalue weighted by molar-refractivity contribution is 0.670. The van der Waals surface area contributed by atoms with E-state index >= 15 is 0 Å². The molecule has 0 N–H and O–H groups in total. The molecule has 0 unspecified atom stereocenters. The Balaban J connectivity index is 1.30. The van der Waals surface area contributed by atoms with Crippen LogP contribution in [0.2, 0.25) is 0 Å². The lowest BCUT2D eigenvalue weighted by Gasteiger charge is -1.94. The number of thiophene rings is 5. The summed E-state index contributed by atoms with van der Waals surface area (Å²) in [5.41, 5.74) is 2.11. The lowest BCUT2D eigenvalue weighted by atomic mass is 10.2. The minimum absolute atomic E-state index is 1.05. The van der Waals surface area contributed by atoms with Gasteiger partial charge in [0.1, 0.15) is 11.2 Å². The zero-order valence-corrected chi connectivity index (χ0v) is 18.3. The van der Waals surface area contributed by atoms with Crippen molar-refractivity contribution in [3.63, 3.8) is 0 Å². The number of fused-ring (bicyclic) bond motifs is 6. The minimum Gasteiger partial charge on any atom is -0.454 e. The van der Waals surface area contributed by atoms with Crippen LogP contribution in [0.3, 0.4) is 0 Å². The molecule has 0 spiro atoms. The quantitative estimate of drug-likeness (QED) is 0.274. The van der Waals surface area contributed by atoms with E-state index in [9.17, 15) is 0 Å². The van der Waals surface area contributed by atoms with Gasteiger partial charge in [-0.25, -0.2) is 0 Å². The first-order valence-corrected chi connectivity index (χ1v) is 12.5. The van der Waals surface area contributed by atoms with Crippen molar-refractivity contribution in [1.82, 2.24) is 0 Å². The molecule has 0 aliphatic carbocycles. The van der Waals surface area contributed by atoms with Gasteiger partial charge >= 0.3 is 0 Å². The van der Waals surface area contributed by atoms with Crippen molar-refractivity contribution in [2.75, 3.05) is 0 Å². The van der Waals surface area contributed by atoms with Crippen molar-refractivity contribution in [1.29, 1.82) is 0 Å². The Labute approximate surface area is 170 Å². The molecular weight excluding hydrogens is 417 g/mol. The molecule has 0 saturated carbocycles. The molecule has 0 bridgehead atoms. The Morgan fingerprint density at radius 3 is 2.08 bits per heavy atom. The van der Waals surface area contributed by atoms with E-state index < -0.39 is 0 Å². The molecule has 0 fully saturated rings. The van der Waals surface area contributed by atoms with Crippen LogP contribution >= 0.6 is 56.7 Å². The van der Waals surface area contributed by atoms with Gasteiger partial charge in [0.05, 0.1) is 18.8 Å². The van der Waals surface area contributed by atoms with Crippen molar-refractivity contribution in [2.45, 2.75) is 26.7 Å². The van der Waals surface area contributed by atoms with Crippen LogP contribution < -0.4 is 0 Å². The van der Waals surface area contributed by atoms with Gasteiger partial charge in [-0.1, -0.05) is 0 Å². The summed E-state index contributed by atoms with van der Waals surface area (Å²) in [5, 5.41) is 0. The predicted molar refractivity (Wildman–Crippen MR) is 121 cm³/mol. The molecule has 6 aromatic heterocycles. The van der Waals surface area contributed by atoms with E-state index in [1.807, 2.05) is 56.7 Å². The van der Waals surface area contributed by atoms with Gasteiger partial charge < -0.3 is 4.42 Å². The summed E-state index contributed by atoms with van der Waals surface area (Å²) in [5.74, 6) is 0. The maximum atomic E-state index is 6.02. The highest BCUT2D eigenvalue weighted by Crippen LogP contribution is 2.44. The van der Waals surface area contributed by atoms with Gasteiger partial charge in [-0.2, -0.15) is 0 Å². The first-order valence-electron chi connectivity index (χ1n) is 8.47. The zero-order valence-electron chi connectivity index (χ0n) is 14.2. The number of hydrogen-bond donors (Lipinski definition) is 0. The minimum atomic E-state index is 1.05. The van der Waals surface area contributed by atoms with Crippen LogP contribution in [0.4, 0.5) is 0 Å². The van der Waals surface area contributed by atoms with Crippen LogP contribution in [0.15, 0.2) is 28.7 Å². The van der Waals surface area contributed by atoms with E-state index in [0.717, 1.165) is 24.0 Å². The number of rotatable bonds is 3. The molecule has 6 rings (SSSR count). The monoisotopic (exact) mass is 430 g/mol. The lowest BCUT2D eigenvalue weighted by Crippen LogP contribution is -1.83. The first kappa shape index (κ1) is 15.8. The summed E-state index contributed by atoms with van der Waals surface area (Å²) in [6, 6.07) is 9.13. The molecule has 130 valence electrons. The maximum Gasteiger partial charge on any atom is 0.147 e. The summed E-state index contributed by atoms with van der Waals surface area (Å²) < 4.78 is 14.6. The van der Waals surface area contributed by atoms with Crippen molar-refractivity contribution in [2.24, 2.45) is 0 Å². The molecule has 26 heavy (non-hydrogen) atoms. The molecule has 0 amide bonds. The van der Waals surface area contributed by atoms with Crippen molar-refractivity contribution < 1.29 is 4.42 Å². The van der Waals surface area contributed by atoms with Gasteiger partial charge in [0, 0.05) is 28.9 Å². The zero-order chi connectivity index (χ0) is 17.4. The first-order chi connectivity index (χ1) is 12.6. The molecule has 0 atom stereocenters. The molecule has 6 aromatic rings. The highest BCUT2D eigenvalue weighted by atomic mass is 32.1. The van der Waals surface area contributed by atoms with Crippen LogP contribution in [0, 0.1) is 13.8 Å². The molecule has 0 aromatic carbocycles. The maximum absolute atomic E-state index is 6.02. The number of aryl methyl sites for hydroxylation is 4. The van der Waals surface area contributed by atoms with Crippen molar-refractivity contribution in [3.05, 3.63) is 43.8 Å². The second-order valence-corrected chi connectivity index (χ2v) is 12.5. The van der Waals surface area contributed by atoms with Gasteiger partial charge in [0.25, 0.3) is 0 Å². The number of hydrogen-bond acceptors (Lipinski definition) is 6. The molecule has 6 heteroatoms. The average molecular weight is 431 g/mol. The summed E-state index contributed by atoms with van der Waals surface area (Å²) in [7, 11) is 0. The summed E-state index contributed by atoms with van der Waals surface area (Å²) >= 11 is 9.61. The second kappa shape index (κ2) is 5.66. The Morgan fingerprint density at radius 2 is 1.19 bits per heavy atom. The van der Waals surface area contributed by atoms with Gasteiger partial charge in [0.2, 0.25) is 0 Å². The Morgan fingerprint density at radius 1 is 0.615 bits per heavy atom. The van der Waals surface area contributed by atoms with Crippen molar-refractivity contribution >= 4 is 96.0 Å². The van der Waals surface area contributed by atoms with Crippen LogP contribution in [-0.2, 0) is 12.8 Å². The van der Waals surface area contributed by atoms with E-state index in [-0.39, 0.29) is 0 Å². The molecule has 6 heterocycles. The van der Waals surface area contributed by atoms with E-state index in [0.29, 0.717) is 0 Å². The average Bonchev–Trinajstić information content (AvgIpc) is 3.35. The SMILES string of the molecule is Cc1cc2oc3cc(CCc4cc5sc6cc(C)sc6c5s4)sc3c2s1. The third-order valence-corrected chi connectivity index (χ3v) is 10.7. The van der Waals surface area contributed by atoms with E-state index in [1.165, 1.54) is 47.7 Å². The Hall–Kier alpha value is -1.18. The fourth-order valence-corrected chi connectivity index (χ4v) is 9.61. The molecular formula is C20H14OS5. The third-order valence-electron chi connectivity index (χ3n) is 4.61. The molecule has 0 saturated heterocycles. The van der Waals surface area contributed by atoms with Gasteiger partial charge in [-0.05, 0) is 51.0 Å². The van der Waals surface area contributed by atoms with E-state index in [4.69, 9.17) is 4.42 Å². The molecule has 0 aliphatic heterocycles. The van der Waals surface area contributed by atoms with Crippen LogP contribution in [0.1, 0.15) is 19.5 Å². The fourth-order valence-electron chi connectivity index (χ4n) is 3.49.